The molecule has 112 valence electrons. The molecule has 0 amide bonds. The average Bonchev–Trinajstić information content (AvgIpc) is 2.48. The summed E-state index contributed by atoms with van der Waals surface area (Å²) in [5.41, 5.74) is 7.47. The second-order valence-corrected chi connectivity index (χ2v) is 5.84. The van der Waals surface area contributed by atoms with Gasteiger partial charge in [0.25, 0.3) is 0 Å². The lowest BCUT2D eigenvalue weighted by atomic mass is 9.90. The fraction of sp³-hybridized carbons (Fsp3) is 0.688. The summed E-state index contributed by atoms with van der Waals surface area (Å²) in [5.74, 6) is 0. The monoisotopic (exact) mass is 277 g/mol. The molecule has 1 fully saturated rings. The van der Waals surface area contributed by atoms with E-state index in [1.165, 1.54) is 37.7 Å². The van der Waals surface area contributed by atoms with Crippen molar-refractivity contribution in [2.24, 2.45) is 5.73 Å². The van der Waals surface area contributed by atoms with E-state index in [2.05, 4.69) is 16.8 Å². The molecule has 1 saturated carbocycles. The van der Waals surface area contributed by atoms with Crippen LogP contribution in [-0.2, 0) is 0 Å². The van der Waals surface area contributed by atoms with Gasteiger partial charge in [0.05, 0.1) is 12.6 Å². The predicted octanol–water partition coefficient (Wildman–Crippen LogP) is 2.10. The maximum Gasteiger partial charge on any atom is 0.0558 e. The van der Waals surface area contributed by atoms with E-state index in [-0.39, 0.29) is 18.7 Å². The zero-order valence-electron chi connectivity index (χ0n) is 12.4. The molecule has 20 heavy (non-hydrogen) atoms. The molecule has 0 saturated heterocycles. The number of pyridine rings is 1. The molecule has 0 aromatic carbocycles. The maximum absolute atomic E-state index is 9.45. The zero-order chi connectivity index (χ0) is 14.4. The van der Waals surface area contributed by atoms with E-state index in [0.717, 1.165) is 0 Å². The maximum atomic E-state index is 9.45. The third-order valence-corrected chi connectivity index (χ3v) is 4.30. The largest absolute Gasteiger partial charge is 0.395 e. The molecule has 0 spiro atoms. The van der Waals surface area contributed by atoms with E-state index < -0.39 is 0 Å². The van der Waals surface area contributed by atoms with Crippen molar-refractivity contribution in [2.75, 3.05) is 13.2 Å². The Morgan fingerprint density at radius 3 is 2.50 bits per heavy atom. The predicted molar refractivity (Wildman–Crippen MR) is 81.3 cm³/mol. The van der Waals surface area contributed by atoms with Crippen LogP contribution >= 0.6 is 0 Å². The average molecular weight is 277 g/mol. The Hall–Kier alpha value is -0.970. The minimum atomic E-state index is 0.0332. The van der Waals surface area contributed by atoms with Gasteiger partial charge in [-0.1, -0.05) is 19.3 Å². The van der Waals surface area contributed by atoms with Gasteiger partial charge in [-0.15, -0.1) is 0 Å². The van der Waals surface area contributed by atoms with Crippen molar-refractivity contribution >= 4 is 0 Å². The number of hydrogen-bond donors (Lipinski definition) is 2. The van der Waals surface area contributed by atoms with Gasteiger partial charge in [0.2, 0.25) is 0 Å². The van der Waals surface area contributed by atoms with Crippen molar-refractivity contribution in [3.05, 3.63) is 30.1 Å². The third kappa shape index (κ3) is 3.78. The second kappa shape index (κ2) is 7.72. The summed E-state index contributed by atoms with van der Waals surface area (Å²) < 4.78 is 0. The highest BCUT2D eigenvalue weighted by molar-refractivity contribution is 5.17. The van der Waals surface area contributed by atoms with E-state index in [1.807, 2.05) is 24.5 Å². The number of nitrogens with two attached hydrogens (primary N) is 1. The molecule has 3 N–H and O–H groups in total. The number of hydrogen-bond acceptors (Lipinski definition) is 4. The van der Waals surface area contributed by atoms with Crippen LogP contribution < -0.4 is 5.73 Å². The highest BCUT2D eigenvalue weighted by Gasteiger charge is 2.30. The first kappa shape index (κ1) is 15.4. The lowest BCUT2D eigenvalue weighted by Crippen LogP contribution is -2.47. The Kier molecular flexibility index (Phi) is 5.95. The molecular formula is C16H27N3O. The summed E-state index contributed by atoms with van der Waals surface area (Å²) >= 11 is 0. The topological polar surface area (TPSA) is 62.4 Å². The number of aromatic nitrogens is 1. The van der Waals surface area contributed by atoms with E-state index in [4.69, 9.17) is 5.73 Å². The first-order valence-corrected chi connectivity index (χ1v) is 7.76. The van der Waals surface area contributed by atoms with Crippen LogP contribution in [0.15, 0.2) is 24.5 Å². The number of nitrogens with zero attached hydrogens (tertiary/aromatic N) is 2. The van der Waals surface area contributed by atoms with Gasteiger partial charge in [-0.05, 0) is 37.5 Å². The highest BCUT2D eigenvalue weighted by atomic mass is 16.3. The molecular weight excluding hydrogens is 250 g/mol. The van der Waals surface area contributed by atoms with Gasteiger partial charge in [-0.3, -0.25) is 9.88 Å². The van der Waals surface area contributed by atoms with Crippen LogP contribution in [0, 0.1) is 0 Å². The summed E-state index contributed by atoms with van der Waals surface area (Å²) in [6, 6.07) is 4.82. The summed E-state index contributed by atoms with van der Waals surface area (Å²) in [6.07, 6.45) is 9.98. The van der Waals surface area contributed by atoms with E-state index in [0.29, 0.717) is 12.6 Å². The Bertz CT molecular complexity index is 377. The fourth-order valence-electron chi connectivity index (χ4n) is 3.43. The standard InChI is InChI=1S/C16H27N3O/c1-13(17)16(14-7-9-18-10-8-14)19(11-12-20)15-5-3-2-4-6-15/h7-10,13,15-16,20H,2-6,11-12,17H2,1H3. The molecule has 2 atom stereocenters. The molecule has 0 bridgehead atoms. The zero-order valence-corrected chi connectivity index (χ0v) is 12.4. The molecule has 1 heterocycles. The van der Waals surface area contributed by atoms with Crippen LogP contribution in [0.4, 0.5) is 0 Å². The van der Waals surface area contributed by atoms with Crippen molar-refractivity contribution in [2.45, 2.75) is 57.2 Å². The van der Waals surface area contributed by atoms with Gasteiger partial charge in [0.1, 0.15) is 0 Å². The summed E-state index contributed by atoms with van der Waals surface area (Å²) in [4.78, 5) is 6.51. The molecule has 2 unspecified atom stereocenters. The fourth-order valence-corrected chi connectivity index (χ4v) is 3.43. The second-order valence-electron chi connectivity index (χ2n) is 5.84. The quantitative estimate of drug-likeness (QED) is 0.836. The van der Waals surface area contributed by atoms with Crippen LogP contribution in [-0.4, -0.2) is 40.2 Å². The van der Waals surface area contributed by atoms with Crippen LogP contribution in [0.1, 0.15) is 50.6 Å². The first-order chi connectivity index (χ1) is 9.74. The minimum Gasteiger partial charge on any atom is -0.395 e. The van der Waals surface area contributed by atoms with Crippen LogP contribution in [0.3, 0.4) is 0 Å². The van der Waals surface area contributed by atoms with Crippen LogP contribution in [0.2, 0.25) is 0 Å². The highest BCUT2D eigenvalue weighted by Crippen LogP contribution is 2.31. The van der Waals surface area contributed by atoms with E-state index in [9.17, 15) is 5.11 Å². The molecule has 1 aliphatic rings. The minimum absolute atomic E-state index is 0.0332. The van der Waals surface area contributed by atoms with Crippen molar-refractivity contribution < 1.29 is 5.11 Å². The molecule has 0 radical (unpaired) electrons. The molecule has 4 nitrogen and oxygen atoms in total. The lowest BCUT2D eigenvalue weighted by molar-refractivity contribution is 0.0699. The van der Waals surface area contributed by atoms with E-state index >= 15 is 0 Å². The summed E-state index contributed by atoms with van der Waals surface area (Å²) in [6.45, 7) is 2.93. The van der Waals surface area contributed by atoms with Gasteiger partial charge in [0.15, 0.2) is 0 Å². The van der Waals surface area contributed by atoms with Crippen molar-refractivity contribution in [1.29, 1.82) is 0 Å². The first-order valence-electron chi connectivity index (χ1n) is 7.76. The Morgan fingerprint density at radius 1 is 1.30 bits per heavy atom. The summed E-state index contributed by atoms with van der Waals surface area (Å²) in [5, 5.41) is 9.45. The van der Waals surface area contributed by atoms with Crippen molar-refractivity contribution in [3.8, 4) is 0 Å². The normalized spacial score (nSPS) is 20.0. The third-order valence-electron chi connectivity index (χ3n) is 4.30. The lowest BCUT2D eigenvalue weighted by Gasteiger charge is -2.41. The van der Waals surface area contributed by atoms with Crippen molar-refractivity contribution in [3.63, 3.8) is 0 Å². The smallest absolute Gasteiger partial charge is 0.0558 e. The Morgan fingerprint density at radius 2 is 1.95 bits per heavy atom. The van der Waals surface area contributed by atoms with Gasteiger partial charge in [0, 0.05) is 31.0 Å². The molecule has 2 rings (SSSR count). The number of rotatable bonds is 6. The van der Waals surface area contributed by atoms with Gasteiger partial charge < -0.3 is 10.8 Å². The van der Waals surface area contributed by atoms with Gasteiger partial charge in [-0.25, -0.2) is 0 Å². The molecule has 1 aliphatic carbocycles. The van der Waals surface area contributed by atoms with Gasteiger partial charge >= 0.3 is 0 Å². The summed E-state index contributed by atoms with van der Waals surface area (Å²) in [7, 11) is 0. The Labute approximate surface area is 122 Å². The SMILES string of the molecule is CC(N)C(c1ccncc1)N(CCO)C1CCCCC1. The molecule has 1 aromatic rings. The van der Waals surface area contributed by atoms with E-state index in [1.54, 1.807) is 0 Å². The van der Waals surface area contributed by atoms with Crippen molar-refractivity contribution in [1.82, 2.24) is 9.88 Å². The molecule has 4 heteroatoms. The number of aliphatic hydroxyl groups is 1. The van der Waals surface area contributed by atoms with Crippen LogP contribution in [0.5, 0.6) is 0 Å². The van der Waals surface area contributed by atoms with Gasteiger partial charge in [-0.2, -0.15) is 0 Å². The molecule has 0 aliphatic heterocycles. The molecule has 1 aromatic heterocycles. The van der Waals surface area contributed by atoms with Crippen LogP contribution in [0.25, 0.3) is 0 Å². The Balaban J connectivity index is 2.22. The number of aliphatic hydroxyl groups excluding tert-OH is 1.